The van der Waals surface area contributed by atoms with Crippen LogP contribution in [-0.2, 0) is 10.0 Å². The van der Waals surface area contributed by atoms with Gasteiger partial charge in [-0.1, -0.05) is 13.0 Å². The quantitative estimate of drug-likeness (QED) is 0.836. The minimum atomic E-state index is -3.69. The summed E-state index contributed by atoms with van der Waals surface area (Å²) in [7, 11) is -3.69. The van der Waals surface area contributed by atoms with Crippen molar-refractivity contribution in [1.29, 1.82) is 0 Å². The molecule has 2 aromatic heterocycles. The van der Waals surface area contributed by atoms with Crippen LogP contribution in [0.5, 0.6) is 0 Å². The van der Waals surface area contributed by atoms with Crippen LogP contribution in [0.25, 0.3) is 10.6 Å². The lowest BCUT2D eigenvalue weighted by Gasteiger charge is -2.18. The molecule has 0 atom stereocenters. The van der Waals surface area contributed by atoms with Crippen molar-refractivity contribution in [1.82, 2.24) is 14.1 Å². The number of hydrogen-bond acceptors (Lipinski definition) is 5. The number of sulfonamides is 1. The molecule has 6 nitrogen and oxygen atoms in total. The predicted molar refractivity (Wildman–Crippen MR) is 87.4 cm³/mol. The SMILES string of the molecule is CCN(CCO)S(=O)(=O)c1cn(C(C)C)nc1-c1cccs1. The summed E-state index contributed by atoms with van der Waals surface area (Å²) < 4.78 is 28.7. The van der Waals surface area contributed by atoms with E-state index in [1.54, 1.807) is 17.8 Å². The van der Waals surface area contributed by atoms with Gasteiger partial charge < -0.3 is 5.11 Å². The van der Waals surface area contributed by atoms with Gasteiger partial charge >= 0.3 is 0 Å². The summed E-state index contributed by atoms with van der Waals surface area (Å²) in [6.45, 7) is 5.83. The van der Waals surface area contributed by atoms with Crippen molar-refractivity contribution < 1.29 is 13.5 Å². The van der Waals surface area contributed by atoms with Crippen LogP contribution in [0.3, 0.4) is 0 Å². The van der Waals surface area contributed by atoms with E-state index in [0.717, 1.165) is 4.88 Å². The van der Waals surface area contributed by atoms with Gasteiger partial charge in [-0.05, 0) is 25.3 Å². The van der Waals surface area contributed by atoms with E-state index in [4.69, 9.17) is 5.11 Å². The highest BCUT2D eigenvalue weighted by Gasteiger charge is 2.29. The van der Waals surface area contributed by atoms with Crippen LogP contribution in [0.1, 0.15) is 26.8 Å². The molecule has 0 aliphatic heterocycles. The number of thiophene rings is 1. The average Bonchev–Trinajstić information content (AvgIpc) is 3.12. The number of hydrogen-bond donors (Lipinski definition) is 1. The second-order valence-electron chi connectivity index (χ2n) is 5.11. The van der Waals surface area contributed by atoms with E-state index in [-0.39, 0.29) is 24.1 Å². The van der Waals surface area contributed by atoms with Crippen LogP contribution >= 0.6 is 11.3 Å². The first-order valence-electron chi connectivity index (χ1n) is 7.15. The Labute approximate surface area is 135 Å². The Morgan fingerprint density at radius 3 is 2.68 bits per heavy atom. The number of nitrogens with zero attached hydrogens (tertiary/aromatic N) is 3. The summed E-state index contributed by atoms with van der Waals surface area (Å²) in [5.74, 6) is 0. The molecule has 22 heavy (non-hydrogen) atoms. The Morgan fingerprint density at radius 2 is 2.18 bits per heavy atom. The molecular formula is C14H21N3O3S2. The van der Waals surface area contributed by atoms with E-state index in [1.807, 2.05) is 31.4 Å². The summed E-state index contributed by atoms with van der Waals surface area (Å²) in [4.78, 5) is 1.01. The van der Waals surface area contributed by atoms with Gasteiger partial charge in [0, 0.05) is 25.3 Å². The number of aliphatic hydroxyl groups is 1. The zero-order valence-corrected chi connectivity index (χ0v) is 14.6. The molecule has 8 heteroatoms. The molecule has 2 rings (SSSR count). The lowest BCUT2D eigenvalue weighted by molar-refractivity contribution is 0.257. The van der Waals surface area contributed by atoms with Crippen LogP contribution < -0.4 is 0 Å². The normalized spacial score (nSPS) is 12.5. The largest absolute Gasteiger partial charge is 0.395 e. The molecule has 0 aliphatic carbocycles. The zero-order chi connectivity index (χ0) is 16.3. The smallest absolute Gasteiger partial charge is 0.246 e. The molecule has 0 amide bonds. The molecule has 0 saturated carbocycles. The first kappa shape index (κ1) is 17.1. The highest BCUT2D eigenvalue weighted by molar-refractivity contribution is 7.89. The molecule has 0 spiro atoms. The first-order chi connectivity index (χ1) is 10.4. The number of rotatable bonds is 7. The third kappa shape index (κ3) is 3.24. The Kier molecular flexibility index (Phi) is 5.38. The second-order valence-corrected chi connectivity index (χ2v) is 7.97. The summed E-state index contributed by atoms with van der Waals surface area (Å²) >= 11 is 1.46. The van der Waals surface area contributed by atoms with Gasteiger partial charge in [-0.25, -0.2) is 8.42 Å². The van der Waals surface area contributed by atoms with E-state index in [1.165, 1.54) is 15.6 Å². The van der Waals surface area contributed by atoms with Gasteiger partial charge in [0.1, 0.15) is 10.6 Å². The molecule has 122 valence electrons. The Bertz CT molecular complexity index is 706. The molecule has 2 aromatic rings. The number of aromatic nitrogens is 2. The van der Waals surface area contributed by atoms with E-state index in [0.29, 0.717) is 12.2 Å². The molecule has 0 bridgehead atoms. The lowest BCUT2D eigenvalue weighted by Crippen LogP contribution is -2.33. The molecule has 0 saturated heterocycles. The fourth-order valence-electron chi connectivity index (χ4n) is 2.11. The van der Waals surface area contributed by atoms with Crippen molar-refractivity contribution >= 4 is 21.4 Å². The molecule has 0 unspecified atom stereocenters. The molecule has 0 aliphatic rings. The second kappa shape index (κ2) is 6.91. The van der Waals surface area contributed by atoms with Gasteiger partial charge in [-0.3, -0.25) is 4.68 Å². The lowest BCUT2D eigenvalue weighted by atomic mass is 10.3. The molecule has 0 radical (unpaired) electrons. The molecular weight excluding hydrogens is 322 g/mol. The van der Waals surface area contributed by atoms with Gasteiger partial charge in [0.25, 0.3) is 0 Å². The Hall–Kier alpha value is -1.22. The maximum atomic E-state index is 12.9. The third-order valence-corrected chi connectivity index (χ3v) is 6.15. The molecule has 1 N–H and O–H groups in total. The topological polar surface area (TPSA) is 75.4 Å². The minimum absolute atomic E-state index is 0.0654. The highest BCUT2D eigenvalue weighted by Crippen LogP contribution is 2.32. The average molecular weight is 343 g/mol. The number of likely N-dealkylation sites (N-methyl/N-ethyl adjacent to an activating group) is 1. The van der Waals surface area contributed by atoms with Crippen molar-refractivity contribution in [2.75, 3.05) is 19.7 Å². The van der Waals surface area contributed by atoms with Crippen molar-refractivity contribution in [3.05, 3.63) is 23.7 Å². The minimum Gasteiger partial charge on any atom is -0.395 e. The van der Waals surface area contributed by atoms with Crippen LogP contribution in [0.15, 0.2) is 28.6 Å². The van der Waals surface area contributed by atoms with Crippen LogP contribution in [0, 0.1) is 0 Å². The van der Waals surface area contributed by atoms with Gasteiger partial charge in [-0.2, -0.15) is 9.40 Å². The zero-order valence-electron chi connectivity index (χ0n) is 12.9. The molecule has 0 aromatic carbocycles. The van der Waals surface area contributed by atoms with Crippen molar-refractivity contribution in [3.63, 3.8) is 0 Å². The fraction of sp³-hybridized carbons (Fsp3) is 0.500. The Balaban J connectivity index is 2.58. The van der Waals surface area contributed by atoms with Crippen LogP contribution in [0.2, 0.25) is 0 Å². The highest BCUT2D eigenvalue weighted by atomic mass is 32.2. The molecule has 2 heterocycles. The summed E-state index contributed by atoms with van der Waals surface area (Å²) in [5, 5.41) is 15.4. The van der Waals surface area contributed by atoms with Crippen molar-refractivity contribution in [3.8, 4) is 10.6 Å². The summed E-state index contributed by atoms with van der Waals surface area (Å²) in [6.07, 6.45) is 1.58. The fourth-order valence-corrected chi connectivity index (χ4v) is 4.48. The van der Waals surface area contributed by atoms with Crippen molar-refractivity contribution in [2.45, 2.75) is 31.7 Å². The summed E-state index contributed by atoms with van der Waals surface area (Å²) in [6, 6.07) is 3.80. The Morgan fingerprint density at radius 1 is 1.45 bits per heavy atom. The van der Waals surface area contributed by atoms with E-state index < -0.39 is 10.0 Å². The first-order valence-corrected chi connectivity index (χ1v) is 9.47. The maximum absolute atomic E-state index is 12.9. The maximum Gasteiger partial charge on any atom is 0.246 e. The van der Waals surface area contributed by atoms with E-state index in [2.05, 4.69) is 5.10 Å². The van der Waals surface area contributed by atoms with Gasteiger partial charge in [0.05, 0.1) is 11.5 Å². The van der Waals surface area contributed by atoms with Crippen molar-refractivity contribution in [2.24, 2.45) is 0 Å². The van der Waals surface area contributed by atoms with Crippen LogP contribution in [0.4, 0.5) is 0 Å². The predicted octanol–water partition coefficient (Wildman–Crippen LogP) is 2.20. The van der Waals surface area contributed by atoms with E-state index in [9.17, 15) is 8.42 Å². The number of aliphatic hydroxyl groups excluding tert-OH is 1. The van der Waals surface area contributed by atoms with Gasteiger partial charge in [0.15, 0.2) is 0 Å². The molecule has 0 fully saturated rings. The standard InChI is InChI=1S/C14H21N3O3S2/c1-4-16(7-8-18)22(19,20)13-10-17(11(2)3)15-14(13)12-6-5-9-21-12/h5-6,9-11,18H,4,7-8H2,1-3H3. The third-order valence-electron chi connectivity index (χ3n) is 3.30. The monoisotopic (exact) mass is 343 g/mol. The van der Waals surface area contributed by atoms with Gasteiger partial charge in [0.2, 0.25) is 10.0 Å². The van der Waals surface area contributed by atoms with Crippen LogP contribution in [-0.4, -0.2) is 47.3 Å². The van der Waals surface area contributed by atoms with Gasteiger partial charge in [-0.15, -0.1) is 11.3 Å². The summed E-state index contributed by atoms with van der Waals surface area (Å²) in [5.41, 5.74) is 0.472. The van der Waals surface area contributed by atoms with E-state index >= 15 is 0 Å².